The van der Waals surface area contributed by atoms with Gasteiger partial charge in [0.1, 0.15) is 13.2 Å². The number of carbonyl (C=O) groups is 3. The lowest BCUT2D eigenvalue weighted by Crippen LogP contribution is -2.30. The van der Waals surface area contributed by atoms with Crippen molar-refractivity contribution in [3.05, 3.63) is 12.2 Å². The predicted octanol–water partition coefficient (Wildman–Crippen LogP) is 19.3. The zero-order chi connectivity index (χ0) is 47.2. The summed E-state index contributed by atoms with van der Waals surface area (Å²) < 4.78 is 16.8. The molecule has 6 heteroatoms. The van der Waals surface area contributed by atoms with Gasteiger partial charge in [-0.25, -0.2) is 0 Å². The van der Waals surface area contributed by atoms with E-state index in [0.29, 0.717) is 19.3 Å². The topological polar surface area (TPSA) is 78.9 Å². The fourth-order valence-corrected chi connectivity index (χ4v) is 8.85. The van der Waals surface area contributed by atoms with Gasteiger partial charge < -0.3 is 14.2 Å². The molecule has 6 nitrogen and oxygen atoms in total. The Labute approximate surface area is 405 Å². The van der Waals surface area contributed by atoms with E-state index in [-0.39, 0.29) is 31.1 Å². The highest BCUT2D eigenvalue weighted by molar-refractivity contribution is 5.71. The fourth-order valence-electron chi connectivity index (χ4n) is 8.85. The molecule has 0 aliphatic carbocycles. The quantitative estimate of drug-likeness (QED) is 0.0262. The van der Waals surface area contributed by atoms with Gasteiger partial charge in [0, 0.05) is 19.3 Å². The summed E-state index contributed by atoms with van der Waals surface area (Å²) in [4.78, 5) is 37.9. The molecular weight excluding hydrogens is 805 g/mol. The summed E-state index contributed by atoms with van der Waals surface area (Å²) in [6.07, 6.45) is 62.3. The van der Waals surface area contributed by atoms with Crippen LogP contribution in [0.4, 0.5) is 0 Å². The van der Waals surface area contributed by atoms with E-state index >= 15 is 0 Å². The number of esters is 3. The van der Waals surface area contributed by atoms with E-state index < -0.39 is 6.10 Å². The third kappa shape index (κ3) is 53.0. The molecule has 0 radical (unpaired) electrons. The fraction of sp³-hybridized carbons (Fsp3) is 0.915. The number of hydrogen-bond donors (Lipinski definition) is 0. The van der Waals surface area contributed by atoms with Crippen molar-refractivity contribution in [3.63, 3.8) is 0 Å². The van der Waals surface area contributed by atoms with Gasteiger partial charge in [0.15, 0.2) is 6.10 Å². The van der Waals surface area contributed by atoms with Crippen LogP contribution in [0.25, 0.3) is 0 Å². The van der Waals surface area contributed by atoms with Crippen LogP contribution in [0.2, 0.25) is 0 Å². The molecule has 0 saturated heterocycles. The lowest BCUT2D eigenvalue weighted by Gasteiger charge is -2.18. The highest BCUT2D eigenvalue weighted by atomic mass is 16.6. The van der Waals surface area contributed by atoms with E-state index in [1.54, 1.807) is 0 Å². The smallest absolute Gasteiger partial charge is 0.306 e. The van der Waals surface area contributed by atoms with Crippen LogP contribution in [0, 0.1) is 0 Å². The Kier molecular flexibility index (Phi) is 53.2. The number of rotatable bonds is 54. The average molecular weight is 918 g/mol. The molecule has 0 aromatic heterocycles. The average Bonchev–Trinajstić information content (AvgIpc) is 3.30. The normalized spacial score (nSPS) is 12.0. The van der Waals surface area contributed by atoms with Gasteiger partial charge in [0.05, 0.1) is 0 Å². The van der Waals surface area contributed by atoms with E-state index in [9.17, 15) is 14.4 Å². The van der Waals surface area contributed by atoms with Crippen LogP contribution in [-0.4, -0.2) is 37.2 Å². The van der Waals surface area contributed by atoms with Gasteiger partial charge in [-0.3, -0.25) is 14.4 Å². The van der Waals surface area contributed by atoms with E-state index in [4.69, 9.17) is 14.2 Å². The third-order valence-corrected chi connectivity index (χ3v) is 13.3. The summed E-state index contributed by atoms with van der Waals surface area (Å²) in [5.74, 6) is -0.856. The molecule has 0 saturated carbocycles. The summed E-state index contributed by atoms with van der Waals surface area (Å²) in [6.45, 7) is 6.64. The Morgan fingerprint density at radius 3 is 0.769 bits per heavy atom. The zero-order valence-electron chi connectivity index (χ0n) is 44.0. The molecular formula is C59H112O6. The molecule has 0 fully saturated rings. The summed E-state index contributed by atoms with van der Waals surface area (Å²) in [5, 5.41) is 0. The van der Waals surface area contributed by atoms with Gasteiger partial charge in [-0.2, -0.15) is 0 Å². The molecule has 0 aromatic carbocycles. The molecule has 0 rings (SSSR count). The molecule has 0 spiro atoms. The lowest BCUT2D eigenvalue weighted by atomic mass is 10.0. The minimum absolute atomic E-state index is 0.0666. The van der Waals surface area contributed by atoms with Crippen molar-refractivity contribution < 1.29 is 28.6 Å². The first-order chi connectivity index (χ1) is 32.0. The molecule has 0 aliphatic heterocycles. The Morgan fingerprint density at radius 1 is 0.292 bits per heavy atom. The summed E-state index contributed by atoms with van der Waals surface area (Å²) >= 11 is 0. The molecule has 1 unspecified atom stereocenters. The maximum Gasteiger partial charge on any atom is 0.306 e. The van der Waals surface area contributed by atoms with Crippen LogP contribution < -0.4 is 0 Å². The second-order valence-corrected chi connectivity index (χ2v) is 19.9. The zero-order valence-corrected chi connectivity index (χ0v) is 44.0. The van der Waals surface area contributed by atoms with Gasteiger partial charge in [0.2, 0.25) is 0 Å². The summed E-state index contributed by atoms with van der Waals surface area (Å²) in [7, 11) is 0. The Bertz CT molecular complexity index is 1010. The largest absolute Gasteiger partial charge is 0.462 e. The van der Waals surface area contributed by atoms with Crippen LogP contribution in [0.5, 0.6) is 0 Å². The third-order valence-electron chi connectivity index (χ3n) is 13.3. The van der Waals surface area contributed by atoms with Gasteiger partial charge in [-0.15, -0.1) is 0 Å². The molecule has 0 N–H and O–H groups in total. The molecule has 384 valence electrons. The number of ether oxygens (including phenoxy) is 3. The molecule has 0 amide bonds. The van der Waals surface area contributed by atoms with E-state index in [2.05, 4.69) is 32.9 Å². The Hall–Kier alpha value is -1.85. The summed E-state index contributed by atoms with van der Waals surface area (Å²) in [5.41, 5.74) is 0. The first-order valence-electron chi connectivity index (χ1n) is 29.2. The first-order valence-corrected chi connectivity index (χ1v) is 29.2. The maximum absolute atomic E-state index is 12.8. The lowest BCUT2D eigenvalue weighted by molar-refractivity contribution is -0.167. The van der Waals surface area contributed by atoms with Crippen LogP contribution in [0.1, 0.15) is 329 Å². The van der Waals surface area contributed by atoms with Crippen molar-refractivity contribution in [2.24, 2.45) is 0 Å². The van der Waals surface area contributed by atoms with E-state index in [1.807, 2.05) is 0 Å². The van der Waals surface area contributed by atoms with Gasteiger partial charge in [0.25, 0.3) is 0 Å². The number of hydrogen-bond acceptors (Lipinski definition) is 6. The molecule has 0 heterocycles. The number of allylic oxidation sites excluding steroid dienone is 2. The van der Waals surface area contributed by atoms with Crippen LogP contribution in [0.15, 0.2) is 12.2 Å². The van der Waals surface area contributed by atoms with Crippen molar-refractivity contribution in [2.75, 3.05) is 13.2 Å². The molecule has 0 bridgehead atoms. The van der Waals surface area contributed by atoms with E-state index in [1.165, 1.54) is 231 Å². The van der Waals surface area contributed by atoms with Crippen LogP contribution in [0.3, 0.4) is 0 Å². The molecule has 0 aliphatic rings. The summed E-state index contributed by atoms with van der Waals surface area (Å²) in [6, 6.07) is 0. The first kappa shape index (κ1) is 63.1. The SMILES string of the molecule is CCCCCCCC/C=C\CCCCCCCCCC(=O)OC(COC(=O)CCCCCCCCC)COC(=O)CCCCCCCCCCCCCCCCCCCCCCCCC. The Balaban J connectivity index is 4.11. The minimum atomic E-state index is -0.765. The van der Waals surface area contributed by atoms with Crippen LogP contribution >= 0.6 is 0 Å². The second-order valence-electron chi connectivity index (χ2n) is 19.9. The molecule has 65 heavy (non-hydrogen) atoms. The maximum atomic E-state index is 12.8. The number of carbonyl (C=O) groups excluding carboxylic acids is 3. The molecule has 0 aromatic rings. The van der Waals surface area contributed by atoms with Gasteiger partial charge in [-0.05, 0) is 44.9 Å². The molecule has 1 atom stereocenters. The van der Waals surface area contributed by atoms with Crippen molar-refractivity contribution >= 4 is 17.9 Å². The second kappa shape index (κ2) is 54.8. The highest BCUT2D eigenvalue weighted by Crippen LogP contribution is 2.17. The van der Waals surface area contributed by atoms with Gasteiger partial charge in [-0.1, -0.05) is 277 Å². The standard InChI is InChI=1S/C59H112O6/c1-4-7-10-13-16-18-20-22-24-26-27-28-29-30-31-33-34-36-38-40-43-46-49-52-58(61)64-55-56(54-63-57(60)51-48-45-42-15-12-9-6-3)65-59(62)53-50-47-44-41-39-37-35-32-25-23-21-19-17-14-11-8-5-2/h23,25,56H,4-22,24,26-55H2,1-3H3/b25-23-. The predicted molar refractivity (Wildman–Crippen MR) is 280 cm³/mol. The van der Waals surface area contributed by atoms with Gasteiger partial charge >= 0.3 is 17.9 Å². The van der Waals surface area contributed by atoms with Crippen molar-refractivity contribution in [3.8, 4) is 0 Å². The monoisotopic (exact) mass is 917 g/mol. The number of unbranched alkanes of at least 4 members (excludes halogenated alkanes) is 41. The van der Waals surface area contributed by atoms with Crippen molar-refractivity contribution in [1.82, 2.24) is 0 Å². The van der Waals surface area contributed by atoms with E-state index in [0.717, 1.165) is 57.8 Å². The van der Waals surface area contributed by atoms with Crippen molar-refractivity contribution in [1.29, 1.82) is 0 Å². The highest BCUT2D eigenvalue weighted by Gasteiger charge is 2.19. The van der Waals surface area contributed by atoms with Crippen molar-refractivity contribution in [2.45, 2.75) is 335 Å². The van der Waals surface area contributed by atoms with Crippen LogP contribution in [-0.2, 0) is 28.6 Å². The Morgan fingerprint density at radius 2 is 0.508 bits per heavy atom. The minimum Gasteiger partial charge on any atom is -0.462 e.